The van der Waals surface area contributed by atoms with Gasteiger partial charge in [-0.05, 0) is 63.2 Å². The summed E-state index contributed by atoms with van der Waals surface area (Å²) in [5, 5.41) is 40.5. The van der Waals surface area contributed by atoms with Crippen LogP contribution in [-0.4, -0.2) is 0 Å². The Morgan fingerprint density at radius 1 is 0.564 bits per heavy atom. The highest BCUT2D eigenvalue weighted by atomic mass is 19.4. The van der Waals surface area contributed by atoms with Crippen LogP contribution in [0.4, 0.5) is 13.2 Å². The van der Waals surface area contributed by atoms with E-state index >= 15 is 0 Å². The lowest BCUT2D eigenvalue weighted by atomic mass is 9.88. The number of benzene rings is 4. The van der Waals surface area contributed by atoms with Crippen LogP contribution in [0.3, 0.4) is 0 Å². The number of allylic oxidation sites excluding steroid dienone is 2. The lowest BCUT2D eigenvalue weighted by Gasteiger charge is -2.13. The van der Waals surface area contributed by atoms with Crippen molar-refractivity contribution in [1.82, 2.24) is 0 Å². The molecule has 0 saturated heterocycles. The molecule has 39 heavy (non-hydrogen) atoms. The molecule has 0 aromatic heterocycles. The van der Waals surface area contributed by atoms with Gasteiger partial charge >= 0.3 is 6.18 Å². The van der Waals surface area contributed by atoms with Crippen LogP contribution in [0.1, 0.15) is 33.4 Å². The largest absolute Gasteiger partial charge is 0.416 e. The van der Waals surface area contributed by atoms with Crippen LogP contribution in [0.25, 0.3) is 44.2 Å². The van der Waals surface area contributed by atoms with Crippen molar-refractivity contribution < 1.29 is 13.2 Å². The number of alkyl halides is 3. The van der Waals surface area contributed by atoms with Crippen molar-refractivity contribution in [3.05, 3.63) is 105 Å². The number of rotatable bonds is 0. The predicted molar refractivity (Wildman–Crippen MR) is 139 cm³/mol. The van der Waals surface area contributed by atoms with Crippen molar-refractivity contribution in [3.8, 4) is 46.5 Å². The molecular weight excluding hydrogens is 497 g/mol. The van der Waals surface area contributed by atoms with Crippen LogP contribution < -0.4 is 0 Å². The molecule has 4 nitrogen and oxygen atoms in total. The highest BCUT2D eigenvalue weighted by Crippen LogP contribution is 2.54. The summed E-state index contributed by atoms with van der Waals surface area (Å²) in [4.78, 5) is 0. The third-order valence-electron chi connectivity index (χ3n) is 7.29. The summed E-state index contributed by atoms with van der Waals surface area (Å²) in [5.41, 5.74) is 5.16. The lowest BCUT2D eigenvalue weighted by Crippen LogP contribution is -2.05. The second-order valence-corrected chi connectivity index (χ2v) is 9.33. The van der Waals surface area contributed by atoms with Gasteiger partial charge in [0.2, 0.25) is 0 Å². The van der Waals surface area contributed by atoms with Gasteiger partial charge in [-0.2, -0.15) is 34.2 Å². The highest BCUT2D eigenvalue weighted by Gasteiger charge is 2.36. The van der Waals surface area contributed by atoms with Crippen LogP contribution in [0.5, 0.6) is 0 Å². The van der Waals surface area contributed by atoms with Crippen molar-refractivity contribution in [1.29, 1.82) is 21.0 Å². The molecule has 0 heterocycles. The van der Waals surface area contributed by atoms with E-state index in [-0.39, 0.29) is 22.3 Å². The molecule has 0 unspecified atom stereocenters. The molecule has 0 spiro atoms. The number of nitrogens with zero attached hydrogens (tertiary/aromatic N) is 4. The zero-order valence-corrected chi connectivity index (χ0v) is 20.2. The van der Waals surface area contributed by atoms with Crippen molar-refractivity contribution in [3.63, 3.8) is 0 Å². The Labute approximate surface area is 221 Å². The lowest BCUT2D eigenvalue weighted by molar-refractivity contribution is -0.137. The van der Waals surface area contributed by atoms with E-state index in [4.69, 9.17) is 0 Å². The molecule has 0 N–H and O–H groups in total. The molecule has 0 radical (unpaired) electrons. The van der Waals surface area contributed by atoms with Crippen molar-refractivity contribution in [2.45, 2.75) is 13.1 Å². The van der Waals surface area contributed by atoms with Gasteiger partial charge < -0.3 is 0 Å². The zero-order valence-electron chi connectivity index (χ0n) is 20.2. The minimum Gasteiger partial charge on any atom is -0.192 e. The average molecular weight is 510 g/mol. The molecule has 4 aromatic carbocycles. The summed E-state index contributed by atoms with van der Waals surface area (Å²) in [5.74, 6) is 0. The Balaban J connectivity index is 1.76. The number of halogens is 3. The van der Waals surface area contributed by atoms with Crippen LogP contribution in [0, 0.1) is 52.2 Å². The van der Waals surface area contributed by atoms with E-state index in [0.717, 1.165) is 34.4 Å². The molecule has 0 bridgehead atoms. The summed E-state index contributed by atoms with van der Waals surface area (Å²) in [6, 6.07) is 24.1. The maximum absolute atomic E-state index is 13.6. The topological polar surface area (TPSA) is 95.2 Å². The first-order valence-corrected chi connectivity index (χ1v) is 11.8. The van der Waals surface area contributed by atoms with E-state index in [9.17, 15) is 34.2 Å². The average Bonchev–Trinajstić information content (AvgIpc) is 3.42. The number of nitriles is 4. The summed E-state index contributed by atoms with van der Waals surface area (Å²) in [6.45, 7) is 1.92. The Morgan fingerprint density at radius 3 is 1.46 bits per heavy atom. The van der Waals surface area contributed by atoms with Crippen molar-refractivity contribution in [2.75, 3.05) is 0 Å². The summed E-state index contributed by atoms with van der Waals surface area (Å²) in [6.07, 6.45) is -4.61. The van der Waals surface area contributed by atoms with Crippen LogP contribution in [0.15, 0.2) is 71.8 Å². The molecule has 7 heteroatoms. The Bertz CT molecular complexity index is 2020. The fraction of sp³-hybridized carbons (Fsp3) is 0.0625. The number of hydrogen-bond donors (Lipinski definition) is 0. The first-order chi connectivity index (χ1) is 18.7. The van der Waals surface area contributed by atoms with E-state index in [1.54, 1.807) is 6.07 Å². The van der Waals surface area contributed by atoms with Gasteiger partial charge in [-0.1, -0.05) is 54.1 Å². The van der Waals surface area contributed by atoms with Gasteiger partial charge in [0, 0.05) is 22.3 Å². The fourth-order valence-electron chi connectivity index (χ4n) is 5.72. The van der Waals surface area contributed by atoms with Crippen molar-refractivity contribution in [2.24, 2.45) is 0 Å². The molecule has 6 rings (SSSR count). The molecule has 0 saturated carbocycles. The minimum atomic E-state index is -4.61. The summed E-state index contributed by atoms with van der Waals surface area (Å²) < 4.78 is 40.9. The Kier molecular flexibility index (Phi) is 4.99. The van der Waals surface area contributed by atoms with E-state index in [1.807, 2.05) is 67.6 Å². The van der Waals surface area contributed by atoms with E-state index in [1.165, 1.54) is 6.07 Å². The molecule has 0 atom stereocenters. The number of fused-ring (bicyclic) bond motifs is 9. The van der Waals surface area contributed by atoms with Crippen LogP contribution in [0.2, 0.25) is 0 Å². The molecule has 2 aliphatic carbocycles. The van der Waals surface area contributed by atoms with E-state index in [2.05, 4.69) is 0 Å². The normalized spacial score (nSPS) is 12.4. The number of hydrogen-bond acceptors (Lipinski definition) is 4. The van der Waals surface area contributed by atoms with Crippen molar-refractivity contribution >= 4 is 21.9 Å². The molecule has 4 aromatic rings. The molecule has 182 valence electrons. The van der Waals surface area contributed by atoms with Crippen LogP contribution >= 0.6 is 0 Å². The zero-order chi connectivity index (χ0) is 27.6. The Morgan fingerprint density at radius 2 is 1.00 bits per heavy atom. The second-order valence-electron chi connectivity index (χ2n) is 9.33. The summed E-state index contributed by atoms with van der Waals surface area (Å²) >= 11 is 0. The minimum absolute atomic E-state index is 0.0581. The smallest absolute Gasteiger partial charge is 0.192 e. The maximum Gasteiger partial charge on any atom is 0.416 e. The van der Waals surface area contributed by atoms with Gasteiger partial charge in [0.05, 0.1) is 5.56 Å². The Hall–Kier alpha value is -5.63. The van der Waals surface area contributed by atoms with Gasteiger partial charge in [-0.25, -0.2) is 0 Å². The van der Waals surface area contributed by atoms with Gasteiger partial charge in [0.25, 0.3) is 0 Å². The van der Waals surface area contributed by atoms with Gasteiger partial charge in [-0.15, -0.1) is 0 Å². The third-order valence-corrected chi connectivity index (χ3v) is 7.29. The fourth-order valence-corrected chi connectivity index (χ4v) is 5.72. The first-order valence-electron chi connectivity index (χ1n) is 11.8. The summed E-state index contributed by atoms with van der Waals surface area (Å²) in [7, 11) is 0. The second kappa shape index (κ2) is 8.19. The highest BCUT2D eigenvalue weighted by molar-refractivity contribution is 6.19. The van der Waals surface area contributed by atoms with Gasteiger partial charge in [0.1, 0.15) is 35.4 Å². The molecule has 0 amide bonds. The molecular formula is C32H13F3N4. The quantitative estimate of drug-likeness (QED) is 0.195. The molecule has 0 fully saturated rings. The molecule has 2 aliphatic rings. The predicted octanol–water partition coefficient (Wildman–Crippen LogP) is 7.83. The van der Waals surface area contributed by atoms with Crippen LogP contribution in [-0.2, 0) is 6.18 Å². The number of aryl methyl sites for hydroxylation is 1. The van der Waals surface area contributed by atoms with E-state index in [0.29, 0.717) is 38.6 Å². The maximum atomic E-state index is 13.6. The first kappa shape index (κ1) is 23.7. The SMILES string of the molecule is Cc1ccc2c(c1)C(=C(C#N)C#N)c1c-2ccc2c3c(ccc12)-c1ccc(C(F)(F)F)cc1C3=C(C#N)C#N. The standard InChI is InChI=1S/C32H13F3N4/c1-16-2-4-20-22-6-8-25-24(30(22)28(26(20)10-16)17(12-36)13-37)9-7-23-21-5-3-19(32(33,34)35)11-27(21)29(31(23)25)18(14-38)15-39/h2-11H,1H3. The third kappa shape index (κ3) is 3.21. The van der Waals surface area contributed by atoms with Gasteiger partial charge in [0.15, 0.2) is 0 Å². The monoisotopic (exact) mass is 510 g/mol. The van der Waals surface area contributed by atoms with E-state index < -0.39 is 11.7 Å². The molecule has 0 aliphatic heterocycles. The van der Waals surface area contributed by atoms with Gasteiger partial charge in [-0.3, -0.25) is 0 Å².